The second-order valence-electron chi connectivity index (χ2n) is 6.66. The number of rotatable bonds is 7. The van der Waals surface area contributed by atoms with E-state index in [1.54, 1.807) is 57.4 Å². The van der Waals surface area contributed by atoms with Crippen molar-refractivity contribution in [3.63, 3.8) is 0 Å². The molecule has 10 heteroatoms. The maximum atomic E-state index is 12.6. The van der Waals surface area contributed by atoms with Crippen LogP contribution in [0.1, 0.15) is 21.7 Å². The molecule has 0 atom stereocenters. The lowest BCUT2D eigenvalue weighted by Crippen LogP contribution is -2.21. The van der Waals surface area contributed by atoms with E-state index in [9.17, 15) is 9.59 Å². The maximum absolute atomic E-state index is 12.6. The SMILES string of the molecule is COc1ccc(NC(=O)Cn2nnc(C(=O)Nc3cccc(Cl)c3C)c2C)c(OC)c1. The molecular formula is C21H22ClN5O4. The van der Waals surface area contributed by atoms with Gasteiger partial charge in [-0.1, -0.05) is 22.9 Å². The lowest BCUT2D eigenvalue weighted by Gasteiger charge is -2.12. The zero-order valence-corrected chi connectivity index (χ0v) is 18.3. The number of amides is 2. The van der Waals surface area contributed by atoms with Gasteiger partial charge in [0.1, 0.15) is 18.0 Å². The Morgan fingerprint density at radius 3 is 2.55 bits per heavy atom. The number of hydrogen-bond donors (Lipinski definition) is 2. The summed E-state index contributed by atoms with van der Waals surface area (Å²) in [5, 5.41) is 13.9. The van der Waals surface area contributed by atoms with E-state index in [0.717, 1.165) is 5.56 Å². The highest BCUT2D eigenvalue weighted by Crippen LogP contribution is 2.29. The van der Waals surface area contributed by atoms with Crippen molar-refractivity contribution in [2.24, 2.45) is 0 Å². The molecule has 2 aromatic carbocycles. The van der Waals surface area contributed by atoms with E-state index in [0.29, 0.717) is 33.6 Å². The van der Waals surface area contributed by atoms with E-state index in [4.69, 9.17) is 21.1 Å². The summed E-state index contributed by atoms with van der Waals surface area (Å²) in [6.45, 7) is 3.35. The third kappa shape index (κ3) is 4.95. The number of hydrogen-bond acceptors (Lipinski definition) is 6. The molecule has 2 N–H and O–H groups in total. The van der Waals surface area contributed by atoms with Crippen LogP contribution in [0.2, 0.25) is 5.02 Å². The topological polar surface area (TPSA) is 107 Å². The first-order chi connectivity index (χ1) is 14.8. The van der Waals surface area contributed by atoms with Crippen LogP contribution < -0.4 is 20.1 Å². The van der Waals surface area contributed by atoms with Gasteiger partial charge in [-0.3, -0.25) is 9.59 Å². The summed E-state index contributed by atoms with van der Waals surface area (Å²) in [6.07, 6.45) is 0. The predicted octanol–water partition coefficient (Wildman–Crippen LogP) is 3.46. The van der Waals surface area contributed by atoms with Crippen LogP contribution in [0.15, 0.2) is 36.4 Å². The molecule has 3 rings (SSSR count). The maximum Gasteiger partial charge on any atom is 0.278 e. The highest BCUT2D eigenvalue weighted by atomic mass is 35.5. The van der Waals surface area contributed by atoms with Gasteiger partial charge in [-0.25, -0.2) is 4.68 Å². The van der Waals surface area contributed by atoms with E-state index in [1.807, 2.05) is 0 Å². The van der Waals surface area contributed by atoms with Crippen molar-refractivity contribution in [3.8, 4) is 11.5 Å². The van der Waals surface area contributed by atoms with Gasteiger partial charge in [0.25, 0.3) is 5.91 Å². The smallest absolute Gasteiger partial charge is 0.278 e. The van der Waals surface area contributed by atoms with Gasteiger partial charge in [-0.2, -0.15) is 0 Å². The molecular weight excluding hydrogens is 422 g/mol. The fraction of sp³-hybridized carbons (Fsp3) is 0.238. The number of anilines is 2. The fourth-order valence-corrected chi connectivity index (χ4v) is 3.05. The van der Waals surface area contributed by atoms with Crippen LogP contribution in [-0.4, -0.2) is 41.0 Å². The van der Waals surface area contributed by atoms with Crippen molar-refractivity contribution in [2.45, 2.75) is 20.4 Å². The Morgan fingerprint density at radius 1 is 1.06 bits per heavy atom. The number of benzene rings is 2. The minimum Gasteiger partial charge on any atom is -0.497 e. The van der Waals surface area contributed by atoms with Gasteiger partial charge in [-0.05, 0) is 43.7 Å². The molecule has 0 unspecified atom stereocenters. The Hall–Kier alpha value is -3.59. The van der Waals surface area contributed by atoms with E-state index >= 15 is 0 Å². The predicted molar refractivity (Wildman–Crippen MR) is 117 cm³/mol. The Balaban J connectivity index is 1.71. The fourth-order valence-electron chi connectivity index (χ4n) is 2.87. The minimum absolute atomic E-state index is 0.120. The van der Waals surface area contributed by atoms with Gasteiger partial charge in [0.2, 0.25) is 5.91 Å². The average Bonchev–Trinajstić information content (AvgIpc) is 3.11. The Kier molecular flexibility index (Phi) is 6.76. The van der Waals surface area contributed by atoms with Gasteiger partial charge in [0, 0.05) is 16.8 Å². The first-order valence-electron chi connectivity index (χ1n) is 9.32. The highest BCUT2D eigenvalue weighted by molar-refractivity contribution is 6.31. The molecule has 3 aromatic rings. The Morgan fingerprint density at radius 2 is 1.84 bits per heavy atom. The molecule has 0 spiro atoms. The van der Waals surface area contributed by atoms with Crippen molar-refractivity contribution in [2.75, 3.05) is 24.9 Å². The zero-order chi connectivity index (χ0) is 22.5. The molecule has 2 amide bonds. The number of halogens is 1. The van der Waals surface area contributed by atoms with Gasteiger partial charge in [0.05, 0.1) is 25.6 Å². The van der Waals surface area contributed by atoms with E-state index in [1.165, 1.54) is 11.8 Å². The van der Waals surface area contributed by atoms with Gasteiger partial charge in [-0.15, -0.1) is 5.10 Å². The van der Waals surface area contributed by atoms with Crippen LogP contribution >= 0.6 is 11.6 Å². The molecule has 1 aromatic heterocycles. The average molecular weight is 444 g/mol. The van der Waals surface area contributed by atoms with E-state index < -0.39 is 5.91 Å². The first-order valence-corrected chi connectivity index (χ1v) is 9.70. The third-order valence-electron chi connectivity index (χ3n) is 4.69. The standard InChI is InChI=1S/C21H22ClN5O4/c1-12-15(22)6-5-7-16(12)24-21(29)20-13(2)27(26-25-20)11-19(28)23-17-9-8-14(30-3)10-18(17)31-4/h5-10H,11H2,1-4H3,(H,23,28)(H,24,29). The van der Waals surface area contributed by atoms with Gasteiger partial charge >= 0.3 is 0 Å². The summed E-state index contributed by atoms with van der Waals surface area (Å²) >= 11 is 6.10. The van der Waals surface area contributed by atoms with Crippen molar-refractivity contribution in [1.29, 1.82) is 0 Å². The van der Waals surface area contributed by atoms with Crippen LogP contribution in [-0.2, 0) is 11.3 Å². The lowest BCUT2D eigenvalue weighted by atomic mass is 10.2. The summed E-state index contributed by atoms with van der Waals surface area (Å²) < 4.78 is 11.8. The molecule has 31 heavy (non-hydrogen) atoms. The van der Waals surface area contributed by atoms with Crippen LogP contribution in [0.5, 0.6) is 11.5 Å². The molecule has 0 aliphatic heterocycles. The lowest BCUT2D eigenvalue weighted by molar-refractivity contribution is -0.117. The van der Waals surface area contributed by atoms with Crippen LogP contribution in [0.3, 0.4) is 0 Å². The number of methoxy groups -OCH3 is 2. The number of nitrogens with one attached hydrogen (secondary N) is 2. The van der Waals surface area contributed by atoms with Crippen molar-refractivity contribution in [1.82, 2.24) is 15.0 Å². The number of carbonyl (C=O) groups excluding carboxylic acids is 2. The highest BCUT2D eigenvalue weighted by Gasteiger charge is 2.19. The monoisotopic (exact) mass is 443 g/mol. The normalized spacial score (nSPS) is 10.5. The number of aromatic nitrogens is 3. The van der Waals surface area contributed by atoms with Crippen molar-refractivity contribution >= 4 is 34.8 Å². The third-order valence-corrected chi connectivity index (χ3v) is 5.10. The zero-order valence-electron chi connectivity index (χ0n) is 17.5. The summed E-state index contributed by atoms with van der Waals surface area (Å²) in [5.41, 5.74) is 2.38. The number of ether oxygens (including phenoxy) is 2. The summed E-state index contributed by atoms with van der Waals surface area (Å²) in [4.78, 5) is 25.1. The summed E-state index contributed by atoms with van der Waals surface area (Å²) in [7, 11) is 3.04. The largest absolute Gasteiger partial charge is 0.497 e. The number of carbonyl (C=O) groups is 2. The minimum atomic E-state index is -0.439. The summed E-state index contributed by atoms with van der Waals surface area (Å²) in [5.74, 6) is 0.271. The Labute approximate surface area is 184 Å². The molecule has 0 aliphatic rings. The molecule has 0 bridgehead atoms. The van der Waals surface area contributed by atoms with Crippen molar-refractivity contribution < 1.29 is 19.1 Å². The molecule has 0 saturated heterocycles. The molecule has 1 heterocycles. The molecule has 9 nitrogen and oxygen atoms in total. The van der Waals surface area contributed by atoms with Gasteiger partial charge < -0.3 is 20.1 Å². The van der Waals surface area contributed by atoms with E-state index in [2.05, 4.69) is 20.9 Å². The Bertz CT molecular complexity index is 1130. The first kappa shape index (κ1) is 22.1. The van der Waals surface area contributed by atoms with Crippen molar-refractivity contribution in [3.05, 3.63) is 58.4 Å². The quantitative estimate of drug-likeness (QED) is 0.579. The summed E-state index contributed by atoms with van der Waals surface area (Å²) in [6, 6.07) is 10.3. The van der Waals surface area contributed by atoms with E-state index in [-0.39, 0.29) is 18.1 Å². The molecule has 0 radical (unpaired) electrons. The number of nitrogens with zero attached hydrogens (tertiary/aromatic N) is 3. The second kappa shape index (κ2) is 9.48. The second-order valence-corrected chi connectivity index (χ2v) is 7.07. The van der Waals surface area contributed by atoms with Gasteiger partial charge in [0.15, 0.2) is 5.69 Å². The molecule has 0 aliphatic carbocycles. The molecule has 0 fully saturated rings. The molecule has 162 valence electrons. The molecule has 0 saturated carbocycles. The van der Waals surface area contributed by atoms with Crippen LogP contribution in [0.25, 0.3) is 0 Å². The van der Waals surface area contributed by atoms with Crippen LogP contribution in [0.4, 0.5) is 11.4 Å². The van der Waals surface area contributed by atoms with Crippen LogP contribution in [0, 0.1) is 13.8 Å².